The highest BCUT2D eigenvalue weighted by Gasteiger charge is 2.61. The number of fused-ring (bicyclic) bond motifs is 1. The Morgan fingerprint density at radius 1 is 0.974 bits per heavy atom. The third-order valence-corrected chi connectivity index (χ3v) is 8.85. The number of aliphatic hydroxyl groups is 1. The number of anilines is 1. The number of aromatic amines is 1. The van der Waals surface area contributed by atoms with Crippen LogP contribution in [0.4, 0.5) is 5.69 Å². The Labute approximate surface area is 219 Å². The number of rotatable bonds is 6. The van der Waals surface area contributed by atoms with Crippen molar-refractivity contribution in [2.24, 2.45) is 0 Å². The molecule has 0 radical (unpaired) electrons. The lowest BCUT2D eigenvalue weighted by atomic mass is 9.88. The van der Waals surface area contributed by atoms with Gasteiger partial charge in [0, 0.05) is 31.3 Å². The summed E-state index contributed by atoms with van der Waals surface area (Å²) in [7, 11) is -0.762. The molecule has 0 atom stereocenters. The molecule has 0 aliphatic carbocycles. The van der Waals surface area contributed by atoms with Crippen LogP contribution >= 0.6 is 0 Å². The number of benzene rings is 3. The molecule has 1 fully saturated rings. The predicted octanol–water partition coefficient (Wildman–Crippen LogP) is 3.79. The van der Waals surface area contributed by atoms with Crippen LogP contribution in [0.15, 0.2) is 83.5 Å². The first-order valence-electron chi connectivity index (χ1n) is 11.8. The maximum Gasteiger partial charge on any atom is 0.243 e. The van der Waals surface area contributed by atoms with Gasteiger partial charge in [-0.3, -0.25) is 5.41 Å². The van der Waals surface area contributed by atoms with Gasteiger partial charge >= 0.3 is 0 Å². The van der Waals surface area contributed by atoms with Crippen molar-refractivity contribution in [2.75, 3.05) is 32.2 Å². The summed E-state index contributed by atoms with van der Waals surface area (Å²) < 4.78 is 38.9. The van der Waals surface area contributed by atoms with Crippen LogP contribution in [0.2, 0.25) is 0 Å². The molecule has 0 bridgehead atoms. The maximum atomic E-state index is 13.4. The van der Waals surface area contributed by atoms with Gasteiger partial charge in [0.1, 0.15) is 34.5 Å². The van der Waals surface area contributed by atoms with Gasteiger partial charge in [0.25, 0.3) is 0 Å². The number of aliphatic hydroxyl groups excluding tert-OH is 1. The Bertz CT molecular complexity index is 1650. The number of methoxy groups -OCH3 is 2. The van der Waals surface area contributed by atoms with Crippen LogP contribution in [-0.4, -0.2) is 66.5 Å². The lowest BCUT2D eigenvalue weighted by molar-refractivity contribution is 0.147. The van der Waals surface area contributed by atoms with Crippen LogP contribution in [0.3, 0.4) is 0 Å². The normalized spacial score (nSPS) is 17.3. The highest BCUT2D eigenvalue weighted by atomic mass is 32.2. The molecule has 2 aliphatic rings. The van der Waals surface area contributed by atoms with Crippen molar-refractivity contribution in [1.82, 2.24) is 14.3 Å². The minimum Gasteiger partial charge on any atom is -0.509 e. The van der Waals surface area contributed by atoms with E-state index in [-0.39, 0.29) is 35.2 Å². The van der Waals surface area contributed by atoms with E-state index in [1.807, 2.05) is 24.3 Å². The number of hydrogen-bond donors (Lipinski definition) is 3. The molecule has 3 heterocycles. The van der Waals surface area contributed by atoms with Gasteiger partial charge in [-0.25, -0.2) is 13.4 Å². The van der Waals surface area contributed by atoms with Crippen LogP contribution in [-0.2, 0) is 10.0 Å². The van der Waals surface area contributed by atoms with Gasteiger partial charge in [-0.05, 0) is 24.3 Å². The van der Waals surface area contributed by atoms with Crippen molar-refractivity contribution in [3.05, 3.63) is 84.4 Å². The van der Waals surface area contributed by atoms with Crippen LogP contribution < -0.4 is 14.4 Å². The maximum absolute atomic E-state index is 13.4. The number of H-pyrrole nitrogens is 1. The first-order chi connectivity index (χ1) is 18.3. The predicted molar refractivity (Wildman–Crippen MR) is 143 cm³/mol. The van der Waals surface area contributed by atoms with Gasteiger partial charge in [-0.2, -0.15) is 4.31 Å². The molecule has 0 unspecified atom stereocenters. The summed E-state index contributed by atoms with van der Waals surface area (Å²) in [6.07, 6.45) is 0. The zero-order valence-corrected chi connectivity index (χ0v) is 21.5. The number of aromatic nitrogens is 2. The number of amidine groups is 1. The van der Waals surface area contributed by atoms with Crippen molar-refractivity contribution >= 4 is 38.2 Å². The van der Waals surface area contributed by atoms with E-state index in [1.165, 1.54) is 30.7 Å². The highest BCUT2D eigenvalue weighted by Crippen LogP contribution is 2.49. The van der Waals surface area contributed by atoms with E-state index in [0.29, 0.717) is 28.5 Å². The second-order valence-corrected chi connectivity index (χ2v) is 11.1. The molecule has 1 saturated heterocycles. The molecule has 2 aliphatic heterocycles. The van der Waals surface area contributed by atoms with Crippen molar-refractivity contribution in [3.63, 3.8) is 0 Å². The smallest absolute Gasteiger partial charge is 0.243 e. The molecular weight excluding hydrogens is 506 g/mol. The second-order valence-electron chi connectivity index (χ2n) is 9.20. The third kappa shape index (κ3) is 3.46. The number of nitrogens with zero attached hydrogens (tertiary/aromatic N) is 3. The first kappa shape index (κ1) is 24.0. The van der Waals surface area contributed by atoms with E-state index in [2.05, 4.69) is 9.97 Å². The van der Waals surface area contributed by atoms with Crippen LogP contribution in [0.5, 0.6) is 11.5 Å². The lowest BCUT2D eigenvalue weighted by Crippen LogP contribution is -2.71. The Morgan fingerprint density at radius 3 is 2.24 bits per heavy atom. The minimum absolute atomic E-state index is 0.0198. The van der Waals surface area contributed by atoms with Gasteiger partial charge < -0.3 is 24.5 Å². The number of hydrogen-bond acceptors (Lipinski definition) is 7. The number of para-hydroxylation sites is 2. The summed E-state index contributed by atoms with van der Waals surface area (Å²) in [5.41, 5.74) is 0.950. The zero-order chi connectivity index (χ0) is 26.7. The van der Waals surface area contributed by atoms with E-state index in [1.54, 1.807) is 41.3 Å². The Morgan fingerprint density at radius 2 is 1.61 bits per heavy atom. The van der Waals surface area contributed by atoms with Crippen LogP contribution in [0, 0.1) is 5.41 Å². The quantitative estimate of drug-likeness (QED) is 0.345. The summed E-state index contributed by atoms with van der Waals surface area (Å²) in [5, 5.41) is 20.9. The molecule has 3 N–H and O–H groups in total. The summed E-state index contributed by atoms with van der Waals surface area (Å²) in [5.74, 6) is 1.17. The molecule has 3 aromatic carbocycles. The number of imidazole rings is 1. The van der Waals surface area contributed by atoms with Gasteiger partial charge in [0.15, 0.2) is 0 Å². The molecule has 194 valence electrons. The zero-order valence-electron chi connectivity index (χ0n) is 20.7. The summed E-state index contributed by atoms with van der Waals surface area (Å²) >= 11 is 0. The molecule has 1 spiro atoms. The Balaban J connectivity index is 1.48. The van der Waals surface area contributed by atoms with Crippen molar-refractivity contribution in [3.8, 4) is 11.5 Å². The molecule has 1 aromatic heterocycles. The van der Waals surface area contributed by atoms with E-state index in [4.69, 9.17) is 9.47 Å². The van der Waals surface area contributed by atoms with Gasteiger partial charge in [0.2, 0.25) is 10.0 Å². The average molecular weight is 532 g/mol. The van der Waals surface area contributed by atoms with Crippen LogP contribution in [0.25, 0.3) is 16.6 Å². The number of nitrogens with one attached hydrogen (secondary N) is 2. The molecule has 0 amide bonds. The summed E-state index contributed by atoms with van der Waals surface area (Å²) in [6, 6.07) is 20.7. The molecule has 6 rings (SSSR count). The molecule has 11 heteroatoms. The standard InChI is InChI=1S/C27H25N5O5S/c1-36-18-12-17(13-19(14-18)37-2)32-25(28)23(26-29-21-10-6-7-11-22(21)30-26)24(33)27(32)15-31(16-27)38(34,35)20-8-4-3-5-9-20/h3-14,28,33H,15-16H2,1-2H3,(H,29,30). The molecule has 0 saturated carbocycles. The fourth-order valence-electron chi connectivity index (χ4n) is 5.11. The SMILES string of the molecule is COc1cc(OC)cc(N2C(=N)C(c3nc4ccccc4[nH]3)=C(O)C23CN(S(=O)(=O)c2ccccc2)C3)c1. The van der Waals surface area contributed by atoms with E-state index in [0.717, 1.165) is 5.52 Å². The fraction of sp³-hybridized carbons (Fsp3) is 0.185. The average Bonchev–Trinajstić information content (AvgIpc) is 3.43. The molecular formula is C27H25N5O5S. The monoisotopic (exact) mass is 531 g/mol. The second kappa shape index (κ2) is 8.61. The van der Waals surface area contributed by atoms with Crippen molar-refractivity contribution in [2.45, 2.75) is 10.4 Å². The third-order valence-electron chi connectivity index (χ3n) is 7.04. The Hall–Kier alpha value is -4.35. The Kier molecular flexibility index (Phi) is 5.44. The van der Waals surface area contributed by atoms with Crippen molar-refractivity contribution < 1.29 is 23.0 Å². The van der Waals surface area contributed by atoms with E-state index < -0.39 is 15.6 Å². The first-order valence-corrected chi connectivity index (χ1v) is 13.3. The summed E-state index contributed by atoms with van der Waals surface area (Å²) in [6.45, 7) is -0.136. The van der Waals surface area contributed by atoms with Gasteiger partial charge in [-0.1, -0.05) is 30.3 Å². The number of sulfonamides is 1. The summed E-state index contributed by atoms with van der Waals surface area (Å²) in [4.78, 5) is 9.60. The van der Waals surface area contributed by atoms with E-state index in [9.17, 15) is 18.9 Å². The molecule has 4 aromatic rings. The highest BCUT2D eigenvalue weighted by molar-refractivity contribution is 7.89. The topological polar surface area (TPSA) is 132 Å². The minimum atomic E-state index is -3.81. The van der Waals surface area contributed by atoms with Gasteiger partial charge in [0.05, 0.1) is 41.4 Å². The van der Waals surface area contributed by atoms with E-state index >= 15 is 0 Å². The lowest BCUT2D eigenvalue weighted by Gasteiger charge is -2.51. The van der Waals surface area contributed by atoms with Crippen molar-refractivity contribution in [1.29, 1.82) is 5.41 Å². The fourth-order valence-corrected chi connectivity index (χ4v) is 6.68. The largest absolute Gasteiger partial charge is 0.509 e. The van der Waals surface area contributed by atoms with Crippen LogP contribution in [0.1, 0.15) is 5.82 Å². The molecule has 10 nitrogen and oxygen atoms in total. The number of ether oxygens (including phenoxy) is 2. The molecule has 38 heavy (non-hydrogen) atoms. The van der Waals surface area contributed by atoms with Gasteiger partial charge in [-0.15, -0.1) is 0 Å².